The molecule has 0 unspecified atom stereocenters. The predicted molar refractivity (Wildman–Crippen MR) is 98.7 cm³/mol. The summed E-state index contributed by atoms with van der Waals surface area (Å²) in [4.78, 5) is 2.49. The largest absolute Gasteiger partial charge is 0.489 e. The van der Waals surface area contributed by atoms with Crippen molar-refractivity contribution in [3.05, 3.63) is 36.2 Å². The van der Waals surface area contributed by atoms with E-state index < -0.39 is 9.84 Å². The molecule has 0 bridgehead atoms. The second kappa shape index (κ2) is 10.0. The molecule has 1 aliphatic rings. The fourth-order valence-corrected chi connectivity index (χ4v) is 4.40. The van der Waals surface area contributed by atoms with Crippen molar-refractivity contribution in [2.24, 2.45) is 11.7 Å². The van der Waals surface area contributed by atoms with Crippen LogP contribution in [-0.4, -0.2) is 65.1 Å². The molecular weight excluding hydrogens is 359 g/mol. The van der Waals surface area contributed by atoms with Gasteiger partial charge in [0.1, 0.15) is 12.4 Å². The van der Waals surface area contributed by atoms with Crippen molar-refractivity contribution in [2.75, 3.05) is 51.8 Å². The number of hydrogen-bond acceptors (Lipinski definition) is 6. The van der Waals surface area contributed by atoms with Crippen molar-refractivity contribution in [2.45, 2.75) is 11.8 Å². The number of rotatable bonds is 9. The fraction of sp³-hybridized carbons (Fsp3) is 0.556. The molecule has 0 aromatic heterocycles. The number of benzene rings is 1. The van der Waals surface area contributed by atoms with Crippen LogP contribution < -0.4 is 10.5 Å². The zero-order chi connectivity index (χ0) is 19.0. The van der Waals surface area contributed by atoms with Crippen LogP contribution >= 0.6 is 0 Å². The monoisotopic (exact) mass is 386 g/mol. The minimum Gasteiger partial charge on any atom is -0.489 e. The third-order valence-electron chi connectivity index (χ3n) is 4.20. The number of halogens is 1. The van der Waals surface area contributed by atoms with Gasteiger partial charge in [-0.05, 0) is 30.2 Å². The van der Waals surface area contributed by atoms with Gasteiger partial charge in [-0.15, -0.1) is 0 Å². The number of ether oxygens (including phenoxy) is 2. The third-order valence-corrected chi connectivity index (χ3v) is 6.20. The maximum absolute atomic E-state index is 12.6. The van der Waals surface area contributed by atoms with E-state index in [1.54, 1.807) is 12.1 Å². The van der Waals surface area contributed by atoms with Crippen LogP contribution in [0.2, 0.25) is 0 Å². The maximum Gasteiger partial charge on any atom is 0.178 e. The molecule has 2 N–H and O–H groups in total. The molecule has 0 amide bonds. The molecule has 26 heavy (non-hydrogen) atoms. The topological polar surface area (TPSA) is 81.9 Å². The maximum atomic E-state index is 12.6. The van der Waals surface area contributed by atoms with E-state index in [9.17, 15) is 12.8 Å². The van der Waals surface area contributed by atoms with Crippen LogP contribution in [0.25, 0.3) is 0 Å². The first-order chi connectivity index (χ1) is 12.4. The summed E-state index contributed by atoms with van der Waals surface area (Å²) < 4.78 is 48.4. The first-order valence-electron chi connectivity index (χ1n) is 8.68. The summed E-state index contributed by atoms with van der Waals surface area (Å²) in [6.07, 6.45) is 0.425. The highest BCUT2D eigenvalue weighted by molar-refractivity contribution is 7.91. The molecule has 1 atom stereocenters. The molecule has 1 aliphatic heterocycles. The fourth-order valence-electron chi connectivity index (χ4n) is 2.80. The van der Waals surface area contributed by atoms with Gasteiger partial charge in [0.2, 0.25) is 0 Å². The molecule has 8 heteroatoms. The van der Waals surface area contributed by atoms with Gasteiger partial charge in [0.05, 0.1) is 30.2 Å². The van der Waals surface area contributed by atoms with Crippen molar-refractivity contribution in [1.82, 2.24) is 4.90 Å². The van der Waals surface area contributed by atoms with Gasteiger partial charge in [-0.3, -0.25) is 4.90 Å². The lowest BCUT2D eigenvalue weighted by atomic mass is 10.2. The first kappa shape index (κ1) is 20.8. The smallest absolute Gasteiger partial charge is 0.178 e. The minimum absolute atomic E-state index is 0.0239. The molecule has 1 saturated heterocycles. The highest BCUT2D eigenvalue weighted by Crippen LogP contribution is 2.20. The molecule has 6 nitrogen and oxygen atoms in total. The Bertz CT molecular complexity index is 686. The zero-order valence-corrected chi connectivity index (χ0v) is 15.9. The van der Waals surface area contributed by atoms with E-state index >= 15 is 0 Å². The van der Waals surface area contributed by atoms with Gasteiger partial charge in [0.25, 0.3) is 0 Å². The molecule has 1 aromatic rings. The molecule has 0 spiro atoms. The van der Waals surface area contributed by atoms with Gasteiger partial charge in [-0.1, -0.05) is 6.92 Å². The average Bonchev–Trinajstić information content (AvgIpc) is 2.63. The summed E-state index contributed by atoms with van der Waals surface area (Å²) in [5, 5.41) is 0. The summed E-state index contributed by atoms with van der Waals surface area (Å²) in [5.41, 5.74) is 5.70. The Balaban J connectivity index is 1.91. The second-order valence-corrected chi connectivity index (χ2v) is 8.57. The van der Waals surface area contributed by atoms with Gasteiger partial charge in [0, 0.05) is 31.8 Å². The third kappa shape index (κ3) is 6.35. The van der Waals surface area contributed by atoms with Crippen LogP contribution in [0.3, 0.4) is 0 Å². The van der Waals surface area contributed by atoms with Crippen molar-refractivity contribution in [1.29, 1.82) is 0 Å². The van der Waals surface area contributed by atoms with Gasteiger partial charge in [-0.25, -0.2) is 12.8 Å². The summed E-state index contributed by atoms with van der Waals surface area (Å²) in [6.45, 7) is 5.88. The second-order valence-electron chi connectivity index (χ2n) is 6.53. The van der Waals surface area contributed by atoms with E-state index in [2.05, 4.69) is 4.90 Å². The number of nitrogens with two attached hydrogens (primary N) is 1. The first-order valence-corrected chi connectivity index (χ1v) is 10.3. The molecule has 146 valence electrons. The van der Waals surface area contributed by atoms with Crippen LogP contribution in [0.4, 0.5) is 4.39 Å². The predicted octanol–water partition coefficient (Wildman–Crippen LogP) is 1.62. The summed E-state index contributed by atoms with van der Waals surface area (Å²) in [7, 11) is -3.37. The van der Waals surface area contributed by atoms with E-state index in [4.69, 9.17) is 15.2 Å². The standard InChI is InChI=1S/C18H27FN2O4S/c1-15(12-21-6-8-24-9-7-21)14-26(22,23)18-4-2-17(3-5-18)25-13-16(10-19)11-20/h2-5,10,15H,6-9,11-14,20H2,1H3/b16-10+/t15-/m0/s1. The lowest BCUT2D eigenvalue weighted by Gasteiger charge is -2.29. The molecular formula is C18H27FN2O4S. The molecule has 0 saturated carbocycles. The Morgan fingerprint density at radius 3 is 2.58 bits per heavy atom. The van der Waals surface area contributed by atoms with Crippen molar-refractivity contribution in [3.63, 3.8) is 0 Å². The summed E-state index contributed by atoms with van der Waals surface area (Å²) >= 11 is 0. The van der Waals surface area contributed by atoms with Crippen molar-refractivity contribution in [3.8, 4) is 5.75 Å². The molecule has 0 radical (unpaired) electrons. The van der Waals surface area contributed by atoms with Gasteiger partial charge in [-0.2, -0.15) is 0 Å². The van der Waals surface area contributed by atoms with Gasteiger partial charge >= 0.3 is 0 Å². The molecule has 1 heterocycles. The van der Waals surface area contributed by atoms with E-state index in [1.165, 1.54) is 12.1 Å². The lowest BCUT2D eigenvalue weighted by Crippen LogP contribution is -2.40. The minimum atomic E-state index is -3.37. The van der Waals surface area contributed by atoms with Crippen LogP contribution in [-0.2, 0) is 14.6 Å². The average molecular weight is 386 g/mol. The van der Waals surface area contributed by atoms with Crippen LogP contribution in [0.5, 0.6) is 5.75 Å². The number of sulfone groups is 1. The Labute approximate surface area is 154 Å². The quantitative estimate of drug-likeness (QED) is 0.695. The Hall–Kier alpha value is -1.48. The Morgan fingerprint density at radius 1 is 1.35 bits per heavy atom. The van der Waals surface area contributed by atoms with E-state index in [0.29, 0.717) is 30.9 Å². The molecule has 2 rings (SSSR count). The van der Waals surface area contributed by atoms with E-state index in [1.807, 2.05) is 6.92 Å². The summed E-state index contributed by atoms with van der Waals surface area (Å²) in [6, 6.07) is 6.19. The molecule has 0 aliphatic carbocycles. The van der Waals surface area contributed by atoms with E-state index in [0.717, 1.165) is 19.6 Å². The van der Waals surface area contributed by atoms with Gasteiger partial charge in [0.15, 0.2) is 9.84 Å². The highest BCUT2D eigenvalue weighted by Gasteiger charge is 2.21. The van der Waals surface area contributed by atoms with Crippen molar-refractivity contribution >= 4 is 9.84 Å². The van der Waals surface area contributed by atoms with E-state index in [-0.39, 0.29) is 29.7 Å². The van der Waals surface area contributed by atoms with Gasteiger partial charge < -0.3 is 15.2 Å². The lowest BCUT2D eigenvalue weighted by molar-refractivity contribution is 0.0330. The highest BCUT2D eigenvalue weighted by atomic mass is 32.2. The van der Waals surface area contributed by atoms with Crippen molar-refractivity contribution < 1.29 is 22.3 Å². The molecule has 1 aromatic carbocycles. The van der Waals surface area contributed by atoms with Crippen LogP contribution in [0, 0.1) is 5.92 Å². The number of morpholine rings is 1. The SMILES string of the molecule is C[C@@H](CN1CCOCC1)CS(=O)(=O)c1ccc(OC/C(=C/F)CN)cc1. The Morgan fingerprint density at radius 2 is 2.00 bits per heavy atom. The summed E-state index contributed by atoms with van der Waals surface area (Å²) in [5.74, 6) is 0.584. The Kier molecular flexibility index (Phi) is 8.02. The number of hydrogen-bond donors (Lipinski definition) is 1. The normalized spacial score (nSPS) is 17.9. The van der Waals surface area contributed by atoms with Crippen LogP contribution in [0.1, 0.15) is 6.92 Å². The zero-order valence-electron chi connectivity index (χ0n) is 15.1. The van der Waals surface area contributed by atoms with Crippen LogP contribution in [0.15, 0.2) is 41.1 Å². The number of nitrogens with zero attached hydrogens (tertiary/aromatic N) is 1. The molecule has 1 fully saturated rings.